The van der Waals surface area contributed by atoms with Gasteiger partial charge in [-0.1, -0.05) is 29.8 Å². The lowest BCUT2D eigenvalue weighted by molar-refractivity contribution is -0.121. The van der Waals surface area contributed by atoms with Gasteiger partial charge in [0.1, 0.15) is 6.54 Å². The van der Waals surface area contributed by atoms with Gasteiger partial charge in [0, 0.05) is 24.4 Å². The van der Waals surface area contributed by atoms with Crippen molar-refractivity contribution in [3.63, 3.8) is 0 Å². The first kappa shape index (κ1) is 19.3. The van der Waals surface area contributed by atoms with E-state index in [4.69, 9.17) is 17.0 Å². The van der Waals surface area contributed by atoms with Crippen molar-refractivity contribution >= 4 is 18.1 Å². The summed E-state index contributed by atoms with van der Waals surface area (Å²) in [5.41, 5.74) is 2.94. The number of nitrogens with zero attached hydrogens (tertiary/aromatic N) is 3. The number of ether oxygens (including phenoxy) is 1. The molecule has 0 bridgehead atoms. The lowest BCUT2D eigenvalue weighted by atomic mass is 10.1. The molecule has 0 atom stereocenters. The third-order valence-corrected chi connectivity index (χ3v) is 5.10. The summed E-state index contributed by atoms with van der Waals surface area (Å²) in [4.78, 5) is 16.8. The fraction of sp³-hybridized carbons (Fsp3) is 0.333. The van der Waals surface area contributed by atoms with Gasteiger partial charge in [0.05, 0.1) is 6.61 Å². The normalized spacial score (nSPS) is 13.3. The molecule has 1 aromatic carbocycles. The smallest absolute Gasteiger partial charge is 0.240 e. The molecule has 7 nitrogen and oxygen atoms in total. The van der Waals surface area contributed by atoms with Gasteiger partial charge in [-0.15, -0.1) is 0 Å². The molecule has 1 aliphatic rings. The number of hydrogen-bond donors (Lipinski definition) is 2. The van der Waals surface area contributed by atoms with E-state index in [0.717, 1.165) is 23.3 Å². The Morgan fingerprint density at radius 1 is 1.34 bits per heavy atom. The zero-order valence-corrected chi connectivity index (χ0v) is 17.0. The van der Waals surface area contributed by atoms with E-state index >= 15 is 0 Å². The third-order valence-electron chi connectivity index (χ3n) is 4.79. The van der Waals surface area contributed by atoms with Crippen LogP contribution in [-0.4, -0.2) is 32.3 Å². The van der Waals surface area contributed by atoms with Gasteiger partial charge in [-0.25, -0.2) is 4.98 Å². The van der Waals surface area contributed by atoms with Crippen LogP contribution in [0, 0.1) is 17.6 Å². The van der Waals surface area contributed by atoms with Crippen LogP contribution in [0.25, 0.3) is 11.4 Å². The second-order valence-corrected chi connectivity index (χ2v) is 7.73. The Balaban J connectivity index is 1.35. The van der Waals surface area contributed by atoms with E-state index in [1.807, 2.05) is 43.3 Å². The highest BCUT2D eigenvalue weighted by molar-refractivity contribution is 7.71. The molecule has 0 radical (unpaired) electrons. The largest absolute Gasteiger partial charge is 0.477 e. The zero-order chi connectivity index (χ0) is 20.2. The maximum atomic E-state index is 12.5. The van der Waals surface area contributed by atoms with Crippen molar-refractivity contribution in [3.8, 4) is 17.3 Å². The molecule has 1 aliphatic carbocycles. The van der Waals surface area contributed by atoms with Crippen molar-refractivity contribution < 1.29 is 9.53 Å². The van der Waals surface area contributed by atoms with Crippen molar-refractivity contribution in [2.75, 3.05) is 6.61 Å². The molecule has 150 valence electrons. The summed E-state index contributed by atoms with van der Waals surface area (Å²) < 4.78 is 7.75. The first-order chi connectivity index (χ1) is 14.1. The number of amides is 1. The van der Waals surface area contributed by atoms with Crippen molar-refractivity contribution in [1.82, 2.24) is 25.1 Å². The van der Waals surface area contributed by atoms with Crippen molar-refractivity contribution in [2.45, 2.75) is 32.9 Å². The Kier molecular flexibility index (Phi) is 5.71. The van der Waals surface area contributed by atoms with Crippen LogP contribution in [-0.2, 0) is 17.9 Å². The third kappa shape index (κ3) is 5.08. The van der Waals surface area contributed by atoms with E-state index in [9.17, 15) is 4.79 Å². The maximum absolute atomic E-state index is 12.5. The number of benzene rings is 1. The van der Waals surface area contributed by atoms with Gasteiger partial charge in [-0.05, 0) is 49.5 Å². The molecule has 8 heteroatoms. The second-order valence-electron chi connectivity index (χ2n) is 7.34. The summed E-state index contributed by atoms with van der Waals surface area (Å²) in [6.45, 7) is 3.23. The Bertz CT molecular complexity index is 1050. The van der Waals surface area contributed by atoms with Crippen molar-refractivity contribution in [3.05, 3.63) is 58.5 Å². The van der Waals surface area contributed by atoms with E-state index in [2.05, 4.69) is 20.5 Å². The molecule has 1 fully saturated rings. The first-order valence-electron chi connectivity index (χ1n) is 9.65. The van der Waals surface area contributed by atoms with Crippen LogP contribution in [0.15, 0.2) is 42.6 Å². The topological polar surface area (TPSA) is 84.8 Å². The van der Waals surface area contributed by atoms with E-state index in [1.54, 1.807) is 10.8 Å². The highest BCUT2D eigenvalue weighted by atomic mass is 32.1. The van der Waals surface area contributed by atoms with Crippen LogP contribution in [0.3, 0.4) is 0 Å². The first-order valence-corrected chi connectivity index (χ1v) is 10.1. The van der Waals surface area contributed by atoms with Gasteiger partial charge < -0.3 is 10.1 Å². The molecular formula is C21H23N5O2S. The summed E-state index contributed by atoms with van der Waals surface area (Å²) >= 11 is 5.30. The molecule has 1 amide bonds. The minimum atomic E-state index is -0.148. The average Bonchev–Trinajstić information content (AvgIpc) is 3.49. The highest BCUT2D eigenvalue weighted by Crippen LogP contribution is 2.29. The number of pyridine rings is 1. The van der Waals surface area contributed by atoms with Crippen LogP contribution in [0.5, 0.6) is 5.88 Å². The SMILES string of the molecule is Cc1cccc(-c2n[nH]c(=S)n2CC(=O)NCc2ccc(OCC3CC3)nc2)c1. The number of carbonyl (C=O) groups is 1. The summed E-state index contributed by atoms with van der Waals surface area (Å²) in [6, 6.07) is 11.7. The van der Waals surface area contributed by atoms with Gasteiger partial charge in [-0.2, -0.15) is 5.10 Å². The average molecular weight is 410 g/mol. The standard InChI is InChI=1S/C21H23N5O2S/c1-14-3-2-4-17(9-14)20-24-25-21(29)26(20)12-18(27)22-10-16-7-8-19(23-11-16)28-13-15-5-6-15/h2-4,7-9,11,15H,5-6,10,12-13H2,1H3,(H,22,27)(H,25,29). The predicted molar refractivity (Wildman–Crippen MR) is 112 cm³/mol. The lowest BCUT2D eigenvalue weighted by Gasteiger charge is -2.09. The molecule has 1 saturated carbocycles. The molecule has 0 spiro atoms. The van der Waals surface area contributed by atoms with Gasteiger partial charge >= 0.3 is 0 Å². The molecule has 29 heavy (non-hydrogen) atoms. The number of H-pyrrole nitrogens is 1. The summed E-state index contributed by atoms with van der Waals surface area (Å²) in [5.74, 6) is 1.81. The highest BCUT2D eigenvalue weighted by Gasteiger charge is 2.22. The van der Waals surface area contributed by atoms with E-state index < -0.39 is 0 Å². The van der Waals surface area contributed by atoms with Crippen LogP contribution in [0.2, 0.25) is 0 Å². The number of aromatic nitrogens is 4. The zero-order valence-electron chi connectivity index (χ0n) is 16.2. The number of aromatic amines is 1. The van der Waals surface area contributed by atoms with E-state index in [0.29, 0.717) is 28.9 Å². The summed E-state index contributed by atoms with van der Waals surface area (Å²) in [5, 5.41) is 9.97. The minimum Gasteiger partial charge on any atom is -0.477 e. The van der Waals surface area contributed by atoms with E-state index in [1.165, 1.54) is 12.8 Å². The van der Waals surface area contributed by atoms with Gasteiger partial charge in [0.15, 0.2) is 10.6 Å². The molecule has 0 unspecified atom stereocenters. The van der Waals surface area contributed by atoms with Crippen molar-refractivity contribution in [1.29, 1.82) is 0 Å². The molecule has 4 rings (SSSR count). The lowest BCUT2D eigenvalue weighted by Crippen LogP contribution is -2.27. The van der Waals surface area contributed by atoms with Gasteiger partial charge in [0.25, 0.3) is 0 Å². The molecule has 0 saturated heterocycles. The number of carbonyl (C=O) groups excluding carboxylic acids is 1. The van der Waals surface area contributed by atoms with Gasteiger partial charge in [-0.3, -0.25) is 14.5 Å². The van der Waals surface area contributed by atoms with E-state index in [-0.39, 0.29) is 12.5 Å². The molecular weight excluding hydrogens is 386 g/mol. The number of rotatable bonds is 8. The Labute approximate surface area is 174 Å². The number of hydrogen-bond acceptors (Lipinski definition) is 5. The molecule has 3 aromatic rings. The summed E-state index contributed by atoms with van der Waals surface area (Å²) in [6.07, 6.45) is 4.22. The monoisotopic (exact) mass is 409 g/mol. The fourth-order valence-corrected chi connectivity index (χ4v) is 3.15. The number of nitrogens with one attached hydrogen (secondary N) is 2. The quantitative estimate of drug-likeness (QED) is 0.557. The molecule has 2 N–H and O–H groups in total. The van der Waals surface area contributed by atoms with Crippen LogP contribution in [0.1, 0.15) is 24.0 Å². The second kappa shape index (κ2) is 8.57. The predicted octanol–water partition coefficient (Wildman–Crippen LogP) is 3.42. The van der Waals surface area contributed by atoms with Crippen molar-refractivity contribution in [2.24, 2.45) is 5.92 Å². The van der Waals surface area contributed by atoms with Crippen LogP contribution in [0.4, 0.5) is 0 Å². The molecule has 2 aromatic heterocycles. The maximum Gasteiger partial charge on any atom is 0.240 e. The minimum absolute atomic E-state index is 0.0919. The number of aryl methyl sites for hydroxylation is 1. The fourth-order valence-electron chi connectivity index (χ4n) is 2.96. The Morgan fingerprint density at radius 2 is 2.21 bits per heavy atom. The summed E-state index contributed by atoms with van der Waals surface area (Å²) in [7, 11) is 0. The molecule has 0 aliphatic heterocycles. The van der Waals surface area contributed by atoms with Crippen LogP contribution < -0.4 is 10.1 Å². The Hall–Kier alpha value is -3.00. The van der Waals surface area contributed by atoms with Gasteiger partial charge in [0.2, 0.25) is 11.8 Å². The Morgan fingerprint density at radius 3 is 2.93 bits per heavy atom. The van der Waals surface area contributed by atoms with Crippen LogP contribution >= 0.6 is 12.2 Å². The molecule has 2 heterocycles.